The molecule has 0 saturated heterocycles. The van der Waals surface area contributed by atoms with Crippen LogP contribution in [-0.4, -0.2) is 15.8 Å². The van der Waals surface area contributed by atoms with Crippen LogP contribution >= 0.6 is 11.6 Å². The summed E-state index contributed by atoms with van der Waals surface area (Å²) in [5.74, 6) is -0.329. The van der Waals surface area contributed by atoms with E-state index in [4.69, 9.17) is 17.3 Å². The van der Waals surface area contributed by atoms with Crippen molar-refractivity contribution in [1.82, 2.24) is 9.78 Å². The Labute approximate surface area is 117 Å². The highest BCUT2D eigenvalue weighted by Gasteiger charge is 2.11. The highest BCUT2D eigenvalue weighted by Crippen LogP contribution is 2.19. The highest BCUT2D eigenvalue weighted by atomic mass is 35.5. The normalized spacial score (nSPS) is 12.7. The molecule has 1 aromatic heterocycles. The molecule has 102 valence electrons. The van der Waals surface area contributed by atoms with Crippen molar-refractivity contribution in [2.24, 2.45) is 12.8 Å². The number of aromatic nitrogens is 2. The quantitative estimate of drug-likeness (QED) is 0.936. The van der Waals surface area contributed by atoms with Gasteiger partial charge in [0.25, 0.3) is 0 Å². The molecule has 1 atom stereocenters. The summed E-state index contributed by atoms with van der Waals surface area (Å²) in [4.78, 5) is 0. The van der Waals surface area contributed by atoms with E-state index >= 15 is 0 Å². The summed E-state index contributed by atoms with van der Waals surface area (Å²) in [5.41, 5.74) is 9.06. The molecule has 0 radical (unpaired) electrons. The van der Waals surface area contributed by atoms with E-state index in [0.717, 1.165) is 17.0 Å². The first-order chi connectivity index (χ1) is 8.95. The largest absolute Gasteiger partial charge is 0.327 e. The fourth-order valence-corrected chi connectivity index (χ4v) is 2.41. The summed E-state index contributed by atoms with van der Waals surface area (Å²) in [6.07, 6.45) is 1.33. The SMILES string of the molecule is Cc1cc(CC(N)Cc2ccc(F)cc2Cl)n(C)n1. The zero-order chi connectivity index (χ0) is 14.0. The van der Waals surface area contributed by atoms with E-state index in [1.54, 1.807) is 6.07 Å². The number of nitrogens with two attached hydrogens (primary N) is 1. The number of rotatable bonds is 4. The third-order valence-electron chi connectivity index (χ3n) is 3.07. The minimum absolute atomic E-state index is 0.0715. The van der Waals surface area contributed by atoms with Crippen molar-refractivity contribution in [3.05, 3.63) is 52.1 Å². The first kappa shape index (κ1) is 14.0. The molecular formula is C14H17ClFN3. The minimum Gasteiger partial charge on any atom is -0.327 e. The predicted octanol–water partition coefficient (Wildman–Crippen LogP) is 2.63. The fourth-order valence-electron chi connectivity index (χ4n) is 2.17. The molecule has 1 unspecified atom stereocenters. The summed E-state index contributed by atoms with van der Waals surface area (Å²) >= 11 is 6.00. The molecule has 5 heteroatoms. The Balaban J connectivity index is 2.05. The molecule has 2 aromatic rings. The summed E-state index contributed by atoms with van der Waals surface area (Å²) in [7, 11) is 1.90. The molecule has 0 saturated carbocycles. The number of aryl methyl sites for hydroxylation is 2. The molecular weight excluding hydrogens is 265 g/mol. The smallest absolute Gasteiger partial charge is 0.124 e. The van der Waals surface area contributed by atoms with Crippen LogP contribution in [0.3, 0.4) is 0 Å². The van der Waals surface area contributed by atoms with Gasteiger partial charge in [0, 0.05) is 30.2 Å². The minimum atomic E-state index is -0.329. The van der Waals surface area contributed by atoms with E-state index in [2.05, 4.69) is 5.10 Å². The van der Waals surface area contributed by atoms with Gasteiger partial charge in [-0.05, 0) is 37.1 Å². The van der Waals surface area contributed by atoms with Crippen LogP contribution in [0.5, 0.6) is 0 Å². The lowest BCUT2D eigenvalue weighted by Gasteiger charge is -2.13. The van der Waals surface area contributed by atoms with Gasteiger partial charge < -0.3 is 5.73 Å². The van der Waals surface area contributed by atoms with Gasteiger partial charge in [0.1, 0.15) is 5.82 Å². The number of hydrogen-bond donors (Lipinski definition) is 1. The van der Waals surface area contributed by atoms with Crippen LogP contribution < -0.4 is 5.73 Å². The monoisotopic (exact) mass is 281 g/mol. The molecule has 0 aliphatic heterocycles. The maximum Gasteiger partial charge on any atom is 0.124 e. The van der Waals surface area contributed by atoms with Crippen molar-refractivity contribution >= 4 is 11.6 Å². The Hall–Kier alpha value is -1.39. The number of halogens is 2. The van der Waals surface area contributed by atoms with Crippen molar-refractivity contribution in [3.63, 3.8) is 0 Å². The molecule has 1 aromatic carbocycles. The topological polar surface area (TPSA) is 43.8 Å². The highest BCUT2D eigenvalue weighted by molar-refractivity contribution is 6.31. The summed E-state index contributed by atoms with van der Waals surface area (Å²) in [5, 5.41) is 4.71. The van der Waals surface area contributed by atoms with E-state index in [-0.39, 0.29) is 11.9 Å². The van der Waals surface area contributed by atoms with E-state index < -0.39 is 0 Å². The van der Waals surface area contributed by atoms with Crippen LogP contribution in [0.15, 0.2) is 24.3 Å². The zero-order valence-corrected chi connectivity index (χ0v) is 11.8. The van der Waals surface area contributed by atoms with Crippen LogP contribution in [-0.2, 0) is 19.9 Å². The average molecular weight is 282 g/mol. The van der Waals surface area contributed by atoms with Gasteiger partial charge in [0.05, 0.1) is 5.69 Å². The number of hydrogen-bond acceptors (Lipinski definition) is 2. The third kappa shape index (κ3) is 3.55. The molecule has 19 heavy (non-hydrogen) atoms. The van der Waals surface area contributed by atoms with Crippen LogP contribution in [0.4, 0.5) is 4.39 Å². The summed E-state index contributed by atoms with van der Waals surface area (Å²) in [6.45, 7) is 1.95. The fraction of sp³-hybridized carbons (Fsp3) is 0.357. The lowest BCUT2D eigenvalue weighted by atomic mass is 10.0. The number of benzene rings is 1. The summed E-state index contributed by atoms with van der Waals surface area (Å²) in [6, 6.07) is 6.36. The third-order valence-corrected chi connectivity index (χ3v) is 3.42. The Bertz CT molecular complexity index is 580. The summed E-state index contributed by atoms with van der Waals surface area (Å²) < 4.78 is 14.8. The van der Waals surface area contributed by atoms with Gasteiger partial charge in [0.2, 0.25) is 0 Å². The average Bonchev–Trinajstić information content (AvgIpc) is 2.61. The Morgan fingerprint density at radius 3 is 2.68 bits per heavy atom. The lowest BCUT2D eigenvalue weighted by molar-refractivity contribution is 0.608. The zero-order valence-electron chi connectivity index (χ0n) is 11.0. The second-order valence-electron chi connectivity index (χ2n) is 4.80. The second kappa shape index (κ2) is 5.72. The lowest BCUT2D eigenvalue weighted by Crippen LogP contribution is -2.26. The Morgan fingerprint density at radius 2 is 2.11 bits per heavy atom. The maximum absolute atomic E-state index is 13.0. The van der Waals surface area contributed by atoms with Gasteiger partial charge in [-0.25, -0.2) is 4.39 Å². The Kier molecular flexibility index (Phi) is 4.22. The van der Waals surface area contributed by atoms with Crippen molar-refractivity contribution in [2.75, 3.05) is 0 Å². The van der Waals surface area contributed by atoms with E-state index in [1.165, 1.54) is 12.1 Å². The van der Waals surface area contributed by atoms with Crippen LogP contribution in [0, 0.1) is 12.7 Å². The van der Waals surface area contributed by atoms with Crippen molar-refractivity contribution in [1.29, 1.82) is 0 Å². The maximum atomic E-state index is 13.0. The van der Waals surface area contributed by atoms with Gasteiger partial charge in [-0.1, -0.05) is 17.7 Å². The van der Waals surface area contributed by atoms with Crippen molar-refractivity contribution in [2.45, 2.75) is 25.8 Å². The van der Waals surface area contributed by atoms with Gasteiger partial charge in [-0.15, -0.1) is 0 Å². The van der Waals surface area contributed by atoms with Crippen molar-refractivity contribution < 1.29 is 4.39 Å². The molecule has 0 spiro atoms. The number of nitrogens with zero attached hydrogens (tertiary/aromatic N) is 2. The first-order valence-electron chi connectivity index (χ1n) is 6.14. The molecule has 1 heterocycles. The molecule has 0 amide bonds. The molecule has 3 nitrogen and oxygen atoms in total. The first-order valence-corrected chi connectivity index (χ1v) is 6.52. The molecule has 0 aliphatic carbocycles. The van der Waals surface area contributed by atoms with E-state index in [9.17, 15) is 4.39 Å². The standard InChI is InChI=1S/C14H17ClFN3/c1-9-5-13(19(2)18-9)8-12(17)6-10-3-4-11(16)7-14(10)15/h3-5,7,12H,6,8,17H2,1-2H3. The van der Waals surface area contributed by atoms with Gasteiger partial charge in [-0.3, -0.25) is 4.68 Å². The van der Waals surface area contributed by atoms with Gasteiger partial charge >= 0.3 is 0 Å². The van der Waals surface area contributed by atoms with Crippen molar-refractivity contribution in [3.8, 4) is 0 Å². The second-order valence-corrected chi connectivity index (χ2v) is 5.21. The van der Waals surface area contributed by atoms with E-state index in [1.807, 2.05) is 24.7 Å². The van der Waals surface area contributed by atoms with Crippen LogP contribution in [0.25, 0.3) is 0 Å². The molecule has 0 aliphatic rings. The van der Waals surface area contributed by atoms with E-state index in [0.29, 0.717) is 17.9 Å². The Morgan fingerprint density at radius 1 is 1.37 bits per heavy atom. The van der Waals surface area contributed by atoms with Gasteiger partial charge in [-0.2, -0.15) is 5.10 Å². The molecule has 2 N–H and O–H groups in total. The molecule has 0 bridgehead atoms. The van der Waals surface area contributed by atoms with Gasteiger partial charge in [0.15, 0.2) is 0 Å². The predicted molar refractivity (Wildman–Crippen MR) is 74.7 cm³/mol. The van der Waals surface area contributed by atoms with Crippen LogP contribution in [0.2, 0.25) is 5.02 Å². The van der Waals surface area contributed by atoms with Crippen LogP contribution in [0.1, 0.15) is 17.0 Å². The molecule has 2 rings (SSSR count). The molecule has 0 fully saturated rings.